The van der Waals surface area contributed by atoms with Gasteiger partial charge in [-0.2, -0.15) is 0 Å². The standard InChI is InChI=1S/C17H36N2/c1-4-6-11-16(10-5-2)19-15(3)14-17-12-8-7-9-13-18-17/h15-19H,4-14H2,1-3H3. The van der Waals surface area contributed by atoms with Gasteiger partial charge in [0.1, 0.15) is 0 Å². The fourth-order valence-electron chi connectivity index (χ4n) is 3.31. The van der Waals surface area contributed by atoms with Crippen LogP contribution in [0.2, 0.25) is 0 Å². The maximum atomic E-state index is 3.88. The van der Waals surface area contributed by atoms with Crippen LogP contribution in [0.15, 0.2) is 0 Å². The molecule has 3 atom stereocenters. The fourth-order valence-corrected chi connectivity index (χ4v) is 3.31. The molecule has 1 heterocycles. The Labute approximate surface area is 121 Å². The Morgan fingerprint density at radius 2 is 1.95 bits per heavy atom. The lowest BCUT2D eigenvalue weighted by molar-refractivity contribution is 0.343. The second-order valence-electron chi connectivity index (χ2n) is 6.43. The highest BCUT2D eigenvalue weighted by Gasteiger charge is 2.17. The SMILES string of the molecule is CCCCC(CCC)NC(C)CC1CCCCCN1. The van der Waals surface area contributed by atoms with Gasteiger partial charge in [0.15, 0.2) is 0 Å². The molecule has 2 heteroatoms. The number of nitrogens with one attached hydrogen (secondary N) is 2. The summed E-state index contributed by atoms with van der Waals surface area (Å²) in [7, 11) is 0. The third-order valence-corrected chi connectivity index (χ3v) is 4.36. The highest BCUT2D eigenvalue weighted by molar-refractivity contribution is 4.78. The molecule has 0 aromatic rings. The van der Waals surface area contributed by atoms with E-state index in [4.69, 9.17) is 0 Å². The van der Waals surface area contributed by atoms with E-state index in [9.17, 15) is 0 Å². The molecule has 0 amide bonds. The Kier molecular flexibility index (Phi) is 9.54. The average Bonchev–Trinajstić information content (AvgIpc) is 2.64. The molecule has 0 aliphatic carbocycles. The molecule has 1 saturated heterocycles. The zero-order chi connectivity index (χ0) is 13.9. The maximum Gasteiger partial charge on any atom is 0.00817 e. The Hall–Kier alpha value is -0.0800. The van der Waals surface area contributed by atoms with E-state index in [1.807, 2.05) is 0 Å². The van der Waals surface area contributed by atoms with E-state index in [1.54, 1.807) is 0 Å². The van der Waals surface area contributed by atoms with Crippen LogP contribution in [0.4, 0.5) is 0 Å². The summed E-state index contributed by atoms with van der Waals surface area (Å²) in [5, 5.41) is 7.60. The van der Waals surface area contributed by atoms with Gasteiger partial charge in [0, 0.05) is 18.1 Å². The van der Waals surface area contributed by atoms with Gasteiger partial charge in [-0.3, -0.25) is 0 Å². The molecule has 2 nitrogen and oxygen atoms in total. The van der Waals surface area contributed by atoms with Gasteiger partial charge in [-0.15, -0.1) is 0 Å². The molecule has 0 bridgehead atoms. The quantitative estimate of drug-likeness (QED) is 0.653. The molecular weight excluding hydrogens is 232 g/mol. The van der Waals surface area contributed by atoms with Crippen LogP contribution >= 0.6 is 0 Å². The van der Waals surface area contributed by atoms with Crippen LogP contribution in [0.1, 0.15) is 85.0 Å². The molecule has 2 N–H and O–H groups in total. The molecule has 1 fully saturated rings. The third-order valence-electron chi connectivity index (χ3n) is 4.36. The summed E-state index contributed by atoms with van der Waals surface area (Å²) in [6.45, 7) is 8.20. The Morgan fingerprint density at radius 1 is 1.11 bits per heavy atom. The van der Waals surface area contributed by atoms with Gasteiger partial charge in [0.25, 0.3) is 0 Å². The lowest BCUT2D eigenvalue weighted by atomic mass is 10.00. The first-order valence-corrected chi connectivity index (χ1v) is 8.75. The third kappa shape index (κ3) is 7.94. The van der Waals surface area contributed by atoms with E-state index in [2.05, 4.69) is 31.4 Å². The van der Waals surface area contributed by atoms with Gasteiger partial charge >= 0.3 is 0 Å². The van der Waals surface area contributed by atoms with E-state index < -0.39 is 0 Å². The lowest BCUT2D eigenvalue weighted by Gasteiger charge is -2.26. The van der Waals surface area contributed by atoms with Gasteiger partial charge in [-0.1, -0.05) is 46.0 Å². The number of hydrogen-bond donors (Lipinski definition) is 2. The average molecular weight is 268 g/mol. The predicted molar refractivity (Wildman–Crippen MR) is 85.7 cm³/mol. The number of hydrogen-bond acceptors (Lipinski definition) is 2. The molecule has 114 valence electrons. The van der Waals surface area contributed by atoms with Crippen molar-refractivity contribution in [2.75, 3.05) is 6.54 Å². The summed E-state index contributed by atoms with van der Waals surface area (Å²) < 4.78 is 0. The van der Waals surface area contributed by atoms with Crippen LogP contribution in [0.5, 0.6) is 0 Å². The summed E-state index contributed by atoms with van der Waals surface area (Å²) in [5.41, 5.74) is 0. The summed E-state index contributed by atoms with van der Waals surface area (Å²) >= 11 is 0. The Balaban J connectivity index is 2.27. The molecule has 0 spiro atoms. The topological polar surface area (TPSA) is 24.1 Å². The molecule has 3 unspecified atom stereocenters. The van der Waals surface area contributed by atoms with E-state index in [-0.39, 0.29) is 0 Å². The van der Waals surface area contributed by atoms with Crippen LogP contribution in [0.25, 0.3) is 0 Å². The first kappa shape index (κ1) is 17.0. The summed E-state index contributed by atoms with van der Waals surface area (Å²) in [4.78, 5) is 0. The van der Waals surface area contributed by atoms with Crippen molar-refractivity contribution < 1.29 is 0 Å². The minimum absolute atomic E-state index is 0.656. The lowest BCUT2D eigenvalue weighted by Crippen LogP contribution is -2.41. The minimum Gasteiger partial charge on any atom is -0.314 e. The molecule has 1 rings (SSSR count). The van der Waals surface area contributed by atoms with Crippen molar-refractivity contribution in [2.45, 2.75) is 103 Å². The van der Waals surface area contributed by atoms with Crippen molar-refractivity contribution in [3.63, 3.8) is 0 Å². The van der Waals surface area contributed by atoms with Crippen LogP contribution in [-0.4, -0.2) is 24.7 Å². The second kappa shape index (κ2) is 10.7. The van der Waals surface area contributed by atoms with E-state index in [0.717, 1.165) is 12.1 Å². The maximum absolute atomic E-state index is 3.88. The van der Waals surface area contributed by atoms with Crippen LogP contribution < -0.4 is 10.6 Å². The van der Waals surface area contributed by atoms with Crippen molar-refractivity contribution in [3.8, 4) is 0 Å². The second-order valence-corrected chi connectivity index (χ2v) is 6.43. The zero-order valence-electron chi connectivity index (χ0n) is 13.5. The molecule has 1 aliphatic rings. The normalized spacial score (nSPS) is 23.8. The van der Waals surface area contributed by atoms with Crippen molar-refractivity contribution in [1.29, 1.82) is 0 Å². The predicted octanol–water partition coefficient (Wildman–Crippen LogP) is 4.25. The van der Waals surface area contributed by atoms with Crippen LogP contribution in [0.3, 0.4) is 0 Å². The summed E-state index contributed by atoms with van der Waals surface area (Å²) in [5.74, 6) is 0. The summed E-state index contributed by atoms with van der Waals surface area (Å²) in [6, 6.07) is 2.15. The van der Waals surface area contributed by atoms with Gasteiger partial charge in [0.05, 0.1) is 0 Å². The molecule has 0 radical (unpaired) electrons. The largest absolute Gasteiger partial charge is 0.314 e. The highest BCUT2D eigenvalue weighted by atomic mass is 15.0. The van der Waals surface area contributed by atoms with Crippen molar-refractivity contribution in [1.82, 2.24) is 10.6 Å². The zero-order valence-corrected chi connectivity index (χ0v) is 13.5. The van der Waals surface area contributed by atoms with Crippen molar-refractivity contribution >= 4 is 0 Å². The van der Waals surface area contributed by atoms with Gasteiger partial charge in [-0.05, 0) is 45.6 Å². The highest BCUT2D eigenvalue weighted by Crippen LogP contribution is 2.14. The smallest absolute Gasteiger partial charge is 0.00817 e. The Bertz CT molecular complexity index is 197. The molecular formula is C17H36N2. The van der Waals surface area contributed by atoms with Crippen molar-refractivity contribution in [3.05, 3.63) is 0 Å². The fraction of sp³-hybridized carbons (Fsp3) is 1.00. The van der Waals surface area contributed by atoms with Gasteiger partial charge in [-0.25, -0.2) is 0 Å². The molecule has 0 saturated carbocycles. The molecule has 1 aliphatic heterocycles. The van der Waals surface area contributed by atoms with Gasteiger partial charge < -0.3 is 10.6 Å². The van der Waals surface area contributed by atoms with Gasteiger partial charge in [0.2, 0.25) is 0 Å². The van der Waals surface area contributed by atoms with E-state index in [1.165, 1.54) is 70.8 Å². The van der Waals surface area contributed by atoms with Crippen LogP contribution in [0, 0.1) is 0 Å². The summed E-state index contributed by atoms with van der Waals surface area (Å²) in [6.07, 6.45) is 13.6. The van der Waals surface area contributed by atoms with E-state index in [0.29, 0.717) is 6.04 Å². The Morgan fingerprint density at radius 3 is 2.68 bits per heavy atom. The van der Waals surface area contributed by atoms with Crippen molar-refractivity contribution in [2.24, 2.45) is 0 Å². The molecule has 0 aromatic heterocycles. The number of unbranched alkanes of at least 4 members (excludes halogenated alkanes) is 1. The first-order valence-electron chi connectivity index (χ1n) is 8.75. The number of rotatable bonds is 9. The first-order chi connectivity index (χ1) is 9.26. The molecule has 19 heavy (non-hydrogen) atoms. The van der Waals surface area contributed by atoms with E-state index >= 15 is 0 Å². The monoisotopic (exact) mass is 268 g/mol. The minimum atomic E-state index is 0.656. The molecule has 0 aromatic carbocycles. The van der Waals surface area contributed by atoms with Crippen LogP contribution in [-0.2, 0) is 0 Å².